The Morgan fingerprint density at radius 2 is 1.93 bits per heavy atom. The molecule has 0 saturated carbocycles. The minimum absolute atomic E-state index is 0.213. The Bertz CT molecular complexity index is 994. The molecule has 0 aliphatic carbocycles. The summed E-state index contributed by atoms with van der Waals surface area (Å²) in [6.45, 7) is 4.31. The quantitative estimate of drug-likeness (QED) is 0.436. The van der Waals surface area contributed by atoms with E-state index in [0.29, 0.717) is 27.5 Å². The number of halogens is 2. The van der Waals surface area contributed by atoms with E-state index in [9.17, 15) is 4.79 Å². The lowest BCUT2D eigenvalue weighted by Gasteiger charge is -2.04. The average Bonchev–Trinajstić information content (AvgIpc) is 3.11. The molecule has 1 heterocycles. The number of nitrogens with zero attached hydrogens (tertiary/aromatic N) is 1. The summed E-state index contributed by atoms with van der Waals surface area (Å²) in [6, 6.07) is 13.7. The lowest BCUT2D eigenvalue weighted by atomic mass is 10.0. The van der Waals surface area contributed by atoms with Gasteiger partial charge in [-0.2, -0.15) is 0 Å². The minimum atomic E-state index is -0.213. The first-order valence-electron chi connectivity index (χ1n) is 8.89. The third-order valence-corrected chi connectivity index (χ3v) is 5.98. The van der Waals surface area contributed by atoms with Gasteiger partial charge in [0.15, 0.2) is 5.13 Å². The zero-order chi connectivity index (χ0) is 20.1. The smallest absolute Gasteiger partial charge is 0.250 e. The Kier molecular flexibility index (Phi) is 6.89. The number of nitrogens with one attached hydrogen (secondary N) is 1. The summed E-state index contributed by atoms with van der Waals surface area (Å²) < 4.78 is 0. The van der Waals surface area contributed by atoms with Crippen molar-refractivity contribution in [2.45, 2.75) is 26.2 Å². The van der Waals surface area contributed by atoms with Gasteiger partial charge in [0.05, 0.1) is 10.0 Å². The van der Waals surface area contributed by atoms with Gasteiger partial charge in [0.1, 0.15) is 0 Å². The lowest BCUT2D eigenvalue weighted by molar-refractivity contribution is -0.111. The van der Waals surface area contributed by atoms with Crippen molar-refractivity contribution in [3.63, 3.8) is 0 Å². The first-order chi connectivity index (χ1) is 13.4. The van der Waals surface area contributed by atoms with E-state index in [2.05, 4.69) is 36.3 Å². The van der Waals surface area contributed by atoms with Crippen LogP contribution in [-0.2, 0) is 11.2 Å². The van der Waals surface area contributed by atoms with E-state index in [1.165, 1.54) is 23.0 Å². The highest BCUT2D eigenvalue weighted by Crippen LogP contribution is 2.29. The van der Waals surface area contributed by atoms with E-state index in [1.807, 2.05) is 24.3 Å². The molecule has 0 saturated heterocycles. The molecule has 6 heteroatoms. The van der Waals surface area contributed by atoms with E-state index in [1.54, 1.807) is 18.3 Å². The normalized spacial score (nSPS) is 11.3. The van der Waals surface area contributed by atoms with Crippen LogP contribution >= 0.6 is 34.5 Å². The number of amides is 1. The highest BCUT2D eigenvalue weighted by Gasteiger charge is 2.09. The van der Waals surface area contributed by atoms with Crippen LogP contribution in [0.2, 0.25) is 10.0 Å². The molecule has 0 atom stereocenters. The predicted octanol–water partition coefficient (Wildman–Crippen LogP) is 6.82. The molecule has 3 rings (SSSR count). The molecular weight excluding hydrogens is 411 g/mol. The molecule has 3 nitrogen and oxygen atoms in total. The lowest BCUT2D eigenvalue weighted by Crippen LogP contribution is -2.07. The molecule has 0 bridgehead atoms. The second-order valence-corrected chi connectivity index (χ2v) is 8.57. The van der Waals surface area contributed by atoms with Gasteiger partial charge in [-0.05, 0) is 34.8 Å². The number of benzene rings is 2. The van der Waals surface area contributed by atoms with Crippen molar-refractivity contribution >= 4 is 51.7 Å². The highest BCUT2D eigenvalue weighted by molar-refractivity contribution is 7.15. The maximum Gasteiger partial charge on any atom is 0.250 e. The Balaban J connectivity index is 1.59. The molecule has 0 aliphatic rings. The summed E-state index contributed by atoms with van der Waals surface area (Å²) >= 11 is 13.7. The number of aromatic nitrogens is 1. The van der Waals surface area contributed by atoms with Gasteiger partial charge in [-0.25, -0.2) is 4.98 Å². The van der Waals surface area contributed by atoms with E-state index in [-0.39, 0.29) is 5.91 Å². The highest BCUT2D eigenvalue weighted by atomic mass is 35.5. The van der Waals surface area contributed by atoms with Gasteiger partial charge in [-0.1, -0.05) is 73.4 Å². The van der Waals surface area contributed by atoms with Gasteiger partial charge in [0.25, 0.3) is 0 Å². The number of anilines is 1. The Hall–Kier alpha value is -2.14. The van der Waals surface area contributed by atoms with Crippen molar-refractivity contribution in [3.8, 4) is 0 Å². The van der Waals surface area contributed by atoms with Crippen LogP contribution in [0, 0.1) is 0 Å². The maximum atomic E-state index is 12.2. The second kappa shape index (κ2) is 9.37. The maximum absolute atomic E-state index is 12.2. The fourth-order valence-corrected chi connectivity index (χ4v) is 3.86. The average molecular weight is 431 g/mol. The van der Waals surface area contributed by atoms with Crippen molar-refractivity contribution < 1.29 is 4.79 Å². The van der Waals surface area contributed by atoms with Gasteiger partial charge < -0.3 is 0 Å². The minimum Gasteiger partial charge on any atom is -0.298 e. The third-order valence-electron chi connectivity index (χ3n) is 4.21. The van der Waals surface area contributed by atoms with Crippen LogP contribution in [0.1, 0.15) is 41.3 Å². The van der Waals surface area contributed by atoms with Crippen molar-refractivity contribution in [2.75, 3.05) is 5.32 Å². The first kappa shape index (κ1) is 20.6. The second-order valence-electron chi connectivity index (χ2n) is 6.67. The van der Waals surface area contributed by atoms with E-state index >= 15 is 0 Å². The number of hydrogen-bond donors (Lipinski definition) is 1. The zero-order valence-electron chi connectivity index (χ0n) is 15.6. The van der Waals surface area contributed by atoms with Crippen molar-refractivity contribution in [1.82, 2.24) is 4.98 Å². The van der Waals surface area contributed by atoms with E-state index in [4.69, 9.17) is 23.2 Å². The van der Waals surface area contributed by atoms with Gasteiger partial charge in [-0.3, -0.25) is 10.1 Å². The van der Waals surface area contributed by atoms with Crippen molar-refractivity contribution in [3.05, 3.63) is 86.4 Å². The molecule has 28 heavy (non-hydrogen) atoms. The van der Waals surface area contributed by atoms with Crippen LogP contribution in [0.15, 0.2) is 54.7 Å². The van der Waals surface area contributed by atoms with Crippen LogP contribution in [0.5, 0.6) is 0 Å². The van der Waals surface area contributed by atoms with Crippen LogP contribution in [0.25, 0.3) is 6.08 Å². The fourth-order valence-electron chi connectivity index (χ4n) is 2.63. The van der Waals surface area contributed by atoms with E-state index < -0.39 is 0 Å². The zero-order valence-corrected chi connectivity index (χ0v) is 17.9. The molecule has 0 aliphatic heterocycles. The Morgan fingerprint density at radius 3 is 2.64 bits per heavy atom. The third kappa shape index (κ3) is 5.44. The van der Waals surface area contributed by atoms with Crippen molar-refractivity contribution in [1.29, 1.82) is 0 Å². The molecule has 144 valence electrons. The van der Waals surface area contributed by atoms with Crippen molar-refractivity contribution in [2.24, 2.45) is 0 Å². The molecule has 1 amide bonds. The van der Waals surface area contributed by atoms with Gasteiger partial charge in [0.2, 0.25) is 5.91 Å². The predicted molar refractivity (Wildman–Crippen MR) is 120 cm³/mol. The Labute approximate surface area is 179 Å². The molecule has 0 radical (unpaired) electrons. The first-order valence-corrected chi connectivity index (χ1v) is 10.5. The summed E-state index contributed by atoms with van der Waals surface area (Å²) in [5.41, 5.74) is 3.19. The molecule has 2 aromatic carbocycles. The summed E-state index contributed by atoms with van der Waals surface area (Å²) in [5.74, 6) is 0.275. The van der Waals surface area contributed by atoms with Gasteiger partial charge >= 0.3 is 0 Å². The van der Waals surface area contributed by atoms with Gasteiger partial charge in [0, 0.05) is 23.6 Å². The van der Waals surface area contributed by atoms with E-state index in [0.717, 1.165) is 16.0 Å². The standard InChI is InChI=1S/C22H20Cl2N2OS/c1-14(2)16-9-6-15(7-10-16)8-11-20(27)26-22-25-13-18(28-22)12-17-4-3-5-19(23)21(17)24/h3-11,13-14H,12H2,1-2H3,(H,25,26,27)/b11-8+. The van der Waals surface area contributed by atoms with Crippen LogP contribution in [-0.4, -0.2) is 10.9 Å². The fraction of sp³-hybridized carbons (Fsp3) is 0.182. The molecule has 0 unspecified atom stereocenters. The monoisotopic (exact) mass is 430 g/mol. The number of thiazole rings is 1. The van der Waals surface area contributed by atoms with Crippen LogP contribution in [0.4, 0.5) is 5.13 Å². The van der Waals surface area contributed by atoms with Crippen LogP contribution < -0.4 is 5.32 Å². The molecule has 0 fully saturated rings. The molecule has 3 aromatic rings. The number of rotatable bonds is 6. The number of hydrogen-bond acceptors (Lipinski definition) is 3. The largest absolute Gasteiger partial charge is 0.298 e. The summed E-state index contributed by atoms with van der Waals surface area (Å²) in [5, 5.41) is 4.43. The summed E-state index contributed by atoms with van der Waals surface area (Å²) in [7, 11) is 0. The molecular formula is C22H20Cl2N2OS. The molecule has 1 aromatic heterocycles. The van der Waals surface area contributed by atoms with Crippen LogP contribution in [0.3, 0.4) is 0 Å². The Morgan fingerprint density at radius 1 is 1.18 bits per heavy atom. The summed E-state index contributed by atoms with van der Waals surface area (Å²) in [4.78, 5) is 17.4. The van der Waals surface area contributed by atoms with Gasteiger partial charge in [-0.15, -0.1) is 11.3 Å². The number of carbonyl (C=O) groups is 1. The molecule has 1 N–H and O–H groups in total. The topological polar surface area (TPSA) is 42.0 Å². The SMILES string of the molecule is CC(C)c1ccc(/C=C/C(=O)Nc2ncc(Cc3cccc(Cl)c3Cl)s2)cc1. The number of carbonyl (C=O) groups excluding carboxylic acids is 1. The molecule has 0 spiro atoms. The summed E-state index contributed by atoms with van der Waals surface area (Å²) in [6.07, 6.45) is 5.66.